The van der Waals surface area contributed by atoms with Crippen molar-refractivity contribution >= 4 is 38.2 Å². The number of fused-ring (bicyclic) bond motifs is 3. The Hall–Kier alpha value is -1.53. The van der Waals surface area contributed by atoms with Gasteiger partial charge in [0.05, 0.1) is 11.0 Å². The Morgan fingerprint density at radius 2 is 2.14 bits per heavy atom. The first-order valence-electron chi connectivity index (χ1n) is 6.75. The first kappa shape index (κ1) is 13.2. The molecule has 21 heavy (non-hydrogen) atoms. The van der Waals surface area contributed by atoms with Gasteiger partial charge in [0.2, 0.25) is 0 Å². The van der Waals surface area contributed by atoms with Crippen molar-refractivity contribution in [1.29, 1.82) is 0 Å². The second-order valence-electron chi connectivity index (χ2n) is 5.71. The number of carbonyl (C=O) groups is 1. The lowest BCUT2D eigenvalue weighted by atomic mass is 10.2. The summed E-state index contributed by atoms with van der Waals surface area (Å²) >= 11 is 5.94. The molecule has 5 nitrogen and oxygen atoms in total. The molecular formula is C14H13ClN2O3S. The van der Waals surface area contributed by atoms with Gasteiger partial charge < -0.3 is 9.88 Å². The number of H-pyrrole nitrogens is 1. The highest BCUT2D eigenvalue weighted by Gasteiger charge is 2.50. The third kappa shape index (κ3) is 1.97. The van der Waals surface area contributed by atoms with Gasteiger partial charge in [-0.1, -0.05) is 11.6 Å². The van der Waals surface area contributed by atoms with Crippen LogP contribution >= 0.6 is 11.6 Å². The molecule has 2 aliphatic heterocycles. The van der Waals surface area contributed by atoms with E-state index >= 15 is 0 Å². The van der Waals surface area contributed by atoms with Gasteiger partial charge in [-0.05, 0) is 30.7 Å². The lowest BCUT2D eigenvalue weighted by Gasteiger charge is -2.26. The van der Waals surface area contributed by atoms with Crippen LogP contribution in [0.1, 0.15) is 16.9 Å². The fourth-order valence-electron chi connectivity index (χ4n) is 3.32. The molecule has 2 atom stereocenters. The van der Waals surface area contributed by atoms with E-state index in [0.29, 0.717) is 23.7 Å². The molecule has 4 rings (SSSR count). The Morgan fingerprint density at radius 1 is 1.33 bits per heavy atom. The molecular weight excluding hydrogens is 312 g/mol. The molecule has 2 bridgehead atoms. The van der Waals surface area contributed by atoms with Crippen molar-refractivity contribution in [2.24, 2.45) is 0 Å². The summed E-state index contributed by atoms with van der Waals surface area (Å²) in [5, 5.41) is 1.11. The van der Waals surface area contributed by atoms with Crippen molar-refractivity contribution in [3.05, 3.63) is 35.0 Å². The minimum Gasteiger partial charge on any atom is -0.351 e. The van der Waals surface area contributed by atoms with Gasteiger partial charge in [-0.25, -0.2) is 8.42 Å². The number of sulfone groups is 1. The molecule has 0 aliphatic carbocycles. The number of aromatic amines is 1. The average Bonchev–Trinajstić information content (AvgIpc) is 3.07. The lowest BCUT2D eigenvalue weighted by molar-refractivity contribution is 0.0741. The molecule has 7 heteroatoms. The zero-order valence-electron chi connectivity index (χ0n) is 11.0. The van der Waals surface area contributed by atoms with Gasteiger partial charge in [0.25, 0.3) is 5.91 Å². The smallest absolute Gasteiger partial charge is 0.270 e. The Labute approximate surface area is 126 Å². The Bertz CT molecular complexity index is 858. The van der Waals surface area contributed by atoms with Crippen molar-refractivity contribution in [1.82, 2.24) is 9.88 Å². The quantitative estimate of drug-likeness (QED) is 0.870. The monoisotopic (exact) mass is 324 g/mol. The molecule has 2 fully saturated rings. The molecule has 3 heterocycles. The SMILES string of the molecule is O=C(c1cc2cc(Cl)ccc2[nH]1)N1CC2CC1CS2(=O)=O. The van der Waals surface area contributed by atoms with E-state index in [2.05, 4.69) is 4.98 Å². The summed E-state index contributed by atoms with van der Waals surface area (Å²) in [6, 6.07) is 6.98. The molecule has 2 aliphatic rings. The van der Waals surface area contributed by atoms with E-state index in [4.69, 9.17) is 11.6 Å². The van der Waals surface area contributed by atoms with Crippen LogP contribution in [-0.4, -0.2) is 47.8 Å². The van der Waals surface area contributed by atoms with Crippen LogP contribution in [0.2, 0.25) is 5.02 Å². The van der Waals surface area contributed by atoms with Crippen LogP contribution in [0.15, 0.2) is 24.3 Å². The van der Waals surface area contributed by atoms with Crippen LogP contribution in [0.3, 0.4) is 0 Å². The zero-order chi connectivity index (χ0) is 14.8. The van der Waals surface area contributed by atoms with Gasteiger partial charge in [-0.2, -0.15) is 0 Å². The second kappa shape index (κ2) is 4.24. The summed E-state index contributed by atoms with van der Waals surface area (Å²) in [6.45, 7) is 0.307. The van der Waals surface area contributed by atoms with Gasteiger partial charge >= 0.3 is 0 Å². The number of likely N-dealkylation sites (tertiary alicyclic amines) is 1. The maximum atomic E-state index is 12.6. The molecule has 2 unspecified atom stereocenters. The van der Waals surface area contributed by atoms with E-state index in [1.165, 1.54) is 0 Å². The van der Waals surface area contributed by atoms with Crippen molar-refractivity contribution in [3.8, 4) is 0 Å². The zero-order valence-corrected chi connectivity index (χ0v) is 12.6. The summed E-state index contributed by atoms with van der Waals surface area (Å²) in [5.74, 6) is -0.0418. The van der Waals surface area contributed by atoms with Crippen LogP contribution in [0.5, 0.6) is 0 Å². The highest BCUT2D eigenvalue weighted by Crippen LogP contribution is 2.34. The molecule has 0 spiro atoms. The van der Waals surface area contributed by atoms with E-state index in [-0.39, 0.29) is 23.0 Å². The highest BCUT2D eigenvalue weighted by molar-refractivity contribution is 7.92. The standard InChI is InChI=1S/C14H13ClN2O3S/c15-9-1-2-12-8(3-9)4-13(16-12)14(18)17-6-11-5-10(17)7-21(11,19)20/h1-4,10-11,16H,5-7H2. The predicted octanol–water partition coefficient (Wildman–Crippen LogP) is 1.83. The number of carbonyl (C=O) groups excluding carboxylic acids is 1. The minimum absolute atomic E-state index is 0.0927. The van der Waals surface area contributed by atoms with Gasteiger partial charge in [0.1, 0.15) is 5.69 Å². The number of amides is 1. The normalized spacial score (nSPS) is 26.6. The van der Waals surface area contributed by atoms with Crippen LogP contribution in [-0.2, 0) is 9.84 Å². The van der Waals surface area contributed by atoms with Gasteiger partial charge in [-0.15, -0.1) is 0 Å². The van der Waals surface area contributed by atoms with E-state index in [0.717, 1.165) is 10.9 Å². The molecule has 110 valence electrons. The number of rotatable bonds is 1. The molecule has 1 N–H and O–H groups in total. The maximum Gasteiger partial charge on any atom is 0.270 e. The minimum atomic E-state index is -2.99. The lowest BCUT2D eigenvalue weighted by Crippen LogP contribution is -2.44. The summed E-state index contributed by atoms with van der Waals surface area (Å²) in [6.07, 6.45) is 0.570. The first-order valence-corrected chi connectivity index (χ1v) is 8.84. The largest absolute Gasteiger partial charge is 0.351 e. The third-order valence-electron chi connectivity index (χ3n) is 4.38. The Balaban J connectivity index is 1.66. The van der Waals surface area contributed by atoms with Crippen LogP contribution < -0.4 is 0 Å². The third-order valence-corrected chi connectivity index (χ3v) is 6.82. The molecule has 1 amide bonds. The number of halogens is 1. The van der Waals surface area contributed by atoms with E-state index in [1.54, 1.807) is 23.1 Å². The number of benzene rings is 1. The number of nitrogens with one attached hydrogen (secondary N) is 1. The molecule has 0 radical (unpaired) electrons. The fourth-order valence-corrected chi connectivity index (χ4v) is 5.53. The van der Waals surface area contributed by atoms with E-state index in [9.17, 15) is 13.2 Å². The number of aromatic nitrogens is 1. The molecule has 2 aromatic rings. The molecule has 2 saturated heterocycles. The van der Waals surface area contributed by atoms with Crippen molar-refractivity contribution in [2.75, 3.05) is 12.3 Å². The van der Waals surface area contributed by atoms with Crippen LogP contribution in [0, 0.1) is 0 Å². The number of hydrogen-bond donors (Lipinski definition) is 1. The van der Waals surface area contributed by atoms with Crippen molar-refractivity contribution < 1.29 is 13.2 Å². The second-order valence-corrected chi connectivity index (χ2v) is 8.48. The maximum absolute atomic E-state index is 12.6. The van der Waals surface area contributed by atoms with E-state index in [1.807, 2.05) is 6.07 Å². The number of hydrogen-bond acceptors (Lipinski definition) is 3. The summed E-state index contributed by atoms with van der Waals surface area (Å²) in [7, 11) is -2.99. The Morgan fingerprint density at radius 3 is 2.81 bits per heavy atom. The topological polar surface area (TPSA) is 70.2 Å². The first-order chi connectivity index (χ1) is 9.94. The fraction of sp³-hybridized carbons (Fsp3) is 0.357. The predicted molar refractivity (Wildman–Crippen MR) is 80.3 cm³/mol. The summed E-state index contributed by atoms with van der Waals surface area (Å²) < 4.78 is 23.5. The van der Waals surface area contributed by atoms with Gasteiger partial charge in [-0.3, -0.25) is 4.79 Å². The van der Waals surface area contributed by atoms with Crippen LogP contribution in [0.4, 0.5) is 0 Å². The molecule has 1 aromatic heterocycles. The summed E-state index contributed by atoms with van der Waals surface area (Å²) in [5.41, 5.74) is 1.33. The molecule has 0 saturated carbocycles. The Kier molecular flexibility index (Phi) is 2.65. The van der Waals surface area contributed by atoms with Crippen molar-refractivity contribution in [3.63, 3.8) is 0 Å². The highest BCUT2D eigenvalue weighted by atomic mass is 35.5. The summed E-state index contributed by atoms with van der Waals surface area (Å²) in [4.78, 5) is 17.3. The van der Waals surface area contributed by atoms with E-state index < -0.39 is 9.84 Å². The van der Waals surface area contributed by atoms with Gasteiger partial charge in [0.15, 0.2) is 9.84 Å². The molecule has 1 aromatic carbocycles. The van der Waals surface area contributed by atoms with Crippen molar-refractivity contribution in [2.45, 2.75) is 17.7 Å². The number of nitrogens with zero attached hydrogens (tertiary/aromatic N) is 1. The van der Waals surface area contributed by atoms with Gasteiger partial charge in [0, 0.05) is 28.5 Å². The van der Waals surface area contributed by atoms with Crippen LogP contribution in [0.25, 0.3) is 10.9 Å². The average molecular weight is 325 g/mol.